The number of carbonyl (C=O) groups is 1. The molecule has 6 nitrogen and oxygen atoms in total. The first-order chi connectivity index (χ1) is 16.0. The van der Waals surface area contributed by atoms with E-state index in [-0.39, 0.29) is 10.7 Å². The van der Waals surface area contributed by atoms with Gasteiger partial charge in [-0.15, -0.1) is 16.9 Å². The number of hydrogen-bond acceptors (Lipinski definition) is 5. The third-order valence-electron chi connectivity index (χ3n) is 4.93. The number of nitrogens with two attached hydrogens (primary N) is 2. The first-order valence-corrected chi connectivity index (χ1v) is 11.9. The number of hydrogen-bond donors (Lipinski definition) is 3. The molecule has 0 bridgehead atoms. The van der Waals surface area contributed by atoms with Gasteiger partial charge in [0.1, 0.15) is 0 Å². The number of carbonyl (C=O) groups excluding carboxylic acids is 1. The molecule has 1 amide bonds. The SMILES string of the molecule is Cc1ccc(CC(=O)Nc2cc(-c3ccccc3/C(N)=N/N(C)N)ccc2SC(C)(C)C)cc1. The van der Waals surface area contributed by atoms with Gasteiger partial charge in [-0.1, -0.05) is 80.9 Å². The van der Waals surface area contributed by atoms with Crippen molar-refractivity contribution in [2.75, 3.05) is 12.4 Å². The van der Waals surface area contributed by atoms with E-state index in [1.165, 1.54) is 10.7 Å². The van der Waals surface area contributed by atoms with E-state index < -0.39 is 0 Å². The molecule has 34 heavy (non-hydrogen) atoms. The van der Waals surface area contributed by atoms with Gasteiger partial charge in [0, 0.05) is 22.3 Å². The van der Waals surface area contributed by atoms with Crippen LogP contribution in [-0.4, -0.2) is 28.7 Å². The molecule has 0 aliphatic carbocycles. The molecule has 0 fully saturated rings. The van der Waals surface area contributed by atoms with Crippen LogP contribution >= 0.6 is 11.8 Å². The topological polar surface area (TPSA) is 96.7 Å². The summed E-state index contributed by atoms with van der Waals surface area (Å²) in [4.78, 5) is 14.0. The first-order valence-electron chi connectivity index (χ1n) is 11.1. The van der Waals surface area contributed by atoms with Crippen molar-refractivity contribution >= 4 is 29.2 Å². The van der Waals surface area contributed by atoms with Crippen molar-refractivity contribution < 1.29 is 4.79 Å². The van der Waals surface area contributed by atoms with Gasteiger partial charge in [-0.2, -0.15) is 0 Å². The number of benzene rings is 3. The zero-order chi connectivity index (χ0) is 24.9. The van der Waals surface area contributed by atoms with Crippen molar-refractivity contribution in [1.82, 2.24) is 5.12 Å². The molecule has 0 saturated carbocycles. The van der Waals surface area contributed by atoms with Gasteiger partial charge < -0.3 is 11.1 Å². The Morgan fingerprint density at radius 3 is 2.38 bits per heavy atom. The van der Waals surface area contributed by atoms with E-state index in [1.807, 2.05) is 73.7 Å². The minimum Gasteiger partial charge on any atom is -0.382 e. The highest BCUT2D eigenvalue weighted by Crippen LogP contribution is 2.39. The molecular formula is C27H33N5OS. The minimum atomic E-state index is -0.0594. The Bertz CT molecular complexity index is 1180. The summed E-state index contributed by atoms with van der Waals surface area (Å²) < 4.78 is -0.0152. The van der Waals surface area contributed by atoms with Crippen LogP contribution in [0.25, 0.3) is 11.1 Å². The zero-order valence-electron chi connectivity index (χ0n) is 20.4. The fraction of sp³-hybridized carbons (Fsp3) is 0.259. The molecule has 0 aromatic heterocycles. The third kappa shape index (κ3) is 7.10. The summed E-state index contributed by atoms with van der Waals surface area (Å²) >= 11 is 1.71. The summed E-state index contributed by atoms with van der Waals surface area (Å²) in [5.74, 6) is 5.92. The zero-order valence-corrected chi connectivity index (χ0v) is 21.2. The lowest BCUT2D eigenvalue weighted by Gasteiger charge is -2.21. The Balaban J connectivity index is 1.98. The molecule has 3 aromatic carbocycles. The van der Waals surface area contributed by atoms with Gasteiger partial charge in [-0.3, -0.25) is 4.79 Å². The molecule has 7 heteroatoms. The van der Waals surface area contributed by atoms with Crippen LogP contribution in [0, 0.1) is 6.92 Å². The lowest BCUT2D eigenvalue weighted by Crippen LogP contribution is -2.26. The van der Waals surface area contributed by atoms with Crippen LogP contribution in [-0.2, 0) is 11.2 Å². The standard InChI is InChI=1S/C27H33N5OS/c1-18-10-12-19(13-11-18)16-25(33)30-23-17-20(14-15-24(23)34-27(2,3)4)21-8-6-7-9-22(21)26(28)31-32(5)29/h6-15,17H,16,29H2,1-5H3,(H2,28,31)(H,30,33). The van der Waals surface area contributed by atoms with E-state index in [0.717, 1.165) is 32.8 Å². The van der Waals surface area contributed by atoms with E-state index in [0.29, 0.717) is 12.3 Å². The van der Waals surface area contributed by atoms with Crippen LogP contribution in [0.2, 0.25) is 0 Å². The van der Waals surface area contributed by atoms with Crippen molar-refractivity contribution in [2.45, 2.75) is 43.8 Å². The normalized spacial score (nSPS) is 11.9. The van der Waals surface area contributed by atoms with Crippen molar-refractivity contribution in [3.8, 4) is 11.1 Å². The van der Waals surface area contributed by atoms with Crippen LogP contribution in [0.3, 0.4) is 0 Å². The molecule has 0 radical (unpaired) electrons. The lowest BCUT2D eigenvalue weighted by atomic mass is 9.98. The molecule has 0 spiro atoms. The minimum absolute atomic E-state index is 0.0152. The summed E-state index contributed by atoms with van der Waals surface area (Å²) in [7, 11) is 1.62. The van der Waals surface area contributed by atoms with Crippen LogP contribution < -0.4 is 16.9 Å². The number of nitrogens with one attached hydrogen (secondary N) is 1. The number of anilines is 1. The number of nitrogens with zero attached hydrogens (tertiary/aromatic N) is 2. The molecule has 0 aliphatic heterocycles. The number of hydrazine groups is 1. The maximum Gasteiger partial charge on any atom is 0.228 e. The highest BCUT2D eigenvalue weighted by atomic mass is 32.2. The van der Waals surface area contributed by atoms with E-state index >= 15 is 0 Å². The molecule has 0 heterocycles. The Morgan fingerprint density at radius 1 is 1.06 bits per heavy atom. The highest BCUT2D eigenvalue weighted by Gasteiger charge is 2.18. The van der Waals surface area contributed by atoms with Gasteiger partial charge in [-0.05, 0) is 35.7 Å². The van der Waals surface area contributed by atoms with E-state index in [4.69, 9.17) is 11.6 Å². The average molecular weight is 476 g/mol. The van der Waals surface area contributed by atoms with Crippen molar-refractivity contribution in [3.05, 3.63) is 83.4 Å². The molecular weight excluding hydrogens is 442 g/mol. The lowest BCUT2D eigenvalue weighted by molar-refractivity contribution is -0.115. The van der Waals surface area contributed by atoms with Crippen LogP contribution in [0.5, 0.6) is 0 Å². The Labute approximate surface area is 206 Å². The molecule has 0 atom stereocenters. The number of amidine groups is 1. The number of thioether (sulfide) groups is 1. The summed E-state index contributed by atoms with van der Waals surface area (Å²) in [5.41, 5.74) is 11.7. The van der Waals surface area contributed by atoms with Crippen molar-refractivity contribution in [3.63, 3.8) is 0 Å². The van der Waals surface area contributed by atoms with Gasteiger partial charge in [-0.25, -0.2) is 11.0 Å². The Hall–Kier alpha value is -3.29. The second-order valence-corrected chi connectivity index (χ2v) is 11.1. The predicted molar refractivity (Wildman–Crippen MR) is 144 cm³/mol. The fourth-order valence-electron chi connectivity index (χ4n) is 3.48. The molecule has 3 rings (SSSR count). The van der Waals surface area contributed by atoms with Crippen LogP contribution in [0.15, 0.2) is 76.7 Å². The van der Waals surface area contributed by atoms with Gasteiger partial charge in [0.25, 0.3) is 0 Å². The van der Waals surface area contributed by atoms with E-state index in [1.54, 1.807) is 18.8 Å². The van der Waals surface area contributed by atoms with Gasteiger partial charge in [0.15, 0.2) is 5.84 Å². The number of amides is 1. The predicted octanol–water partition coefficient (Wildman–Crippen LogP) is 5.16. The molecule has 178 valence electrons. The van der Waals surface area contributed by atoms with Crippen molar-refractivity contribution in [1.29, 1.82) is 0 Å². The molecule has 5 N–H and O–H groups in total. The van der Waals surface area contributed by atoms with Crippen molar-refractivity contribution in [2.24, 2.45) is 16.7 Å². The maximum atomic E-state index is 12.9. The maximum absolute atomic E-state index is 12.9. The summed E-state index contributed by atoms with van der Waals surface area (Å²) in [5, 5.41) is 8.48. The molecule has 3 aromatic rings. The largest absolute Gasteiger partial charge is 0.382 e. The number of aryl methyl sites for hydroxylation is 1. The summed E-state index contributed by atoms with van der Waals surface area (Å²) in [6.45, 7) is 8.49. The second kappa shape index (κ2) is 10.8. The van der Waals surface area contributed by atoms with Gasteiger partial charge in [0.05, 0.1) is 12.1 Å². The second-order valence-electron chi connectivity index (χ2n) is 9.24. The molecule has 0 aliphatic rings. The molecule has 0 saturated heterocycles. The highest BCUT2D eigenvalue weighted by molar-refractivity contribution is 8.00. The number of hydrazone groups is 1. The molecule has 0 unspecified atom stereocenters. The Kier molecular flexibility index (Phi) is 8.02. The number of rotatable bonds is 7. The van der Waals surface area contributed by atoms with E-state index in [9.17, 15) is 4.79 Å². The van der Waals surface area contributed by atoms with E-state index in [2.05, 4.69) is 31.2 Å². The van der Waals surface area contributed by atoms with Gasteiger partial charge >= 0.3 is 0 Å². The quantitative estimate of drug-likeness (QED) is 0.144. The van der Waals surface area contributed by atoms with Crippen LogP contribution in [0.4, 0.5) is 5.69 Å². The monoisotopic (exact) mass is 475 g/mol. The summed E-state index contributed by atoms with van der Waals surface area (Å²) in [6, 6.07) is 21.9. The smallest absolute Gasteiger partial charge is 0.228 e. The van der Waals surface area contributed by atoms with Gasteiger partial charge in [0.2, 0.25) is 5.91 Å². The third-order valence-corrected chi connectivity index (χ3v) is 6.12. The Morgan fingerprint density at radius 2 is 1.74 bits per heavy atom. The van der Waals surface area contributed by atoms with Crippen LogP contribution in [0.1, 0.15) is 37.5 Å². The fourth-order valence-corrected chi connectivity index (χ4v) is 4.50. The summed E-state index contributed by atoms with van der Waals surface area (Å²) in [6.07, 6.45) is 0.309. The first kappa shape index (κ1) is 25.3. The average Bonchev–Trinajstić information content (AvgIpc) is 2.75.